The smallest absolute Gasteiger partial charge is 0.337 e. The van der Waals surface area contributed by atoms with Crippen LogP contribution in [0, 0.1) is 24.7 Å². The average Bonchev–Trinajstić information content (AvgIpc) is 3.08. The van der Waals surface area contributed by atoms with Crippen molar-refractivity contribution in [3.05, 3.63) is 94.7 Å². The van der Waals surface area contributed by atoms with Crippen molar-refractivity contribution < 1.29 is 23.8 Å². The number of aryl methyl sites for hydroxylation is 2. The molecule has 0 radical (unpaired) electrons. The zero-order valence-corrected chi connectivity index (χ0v) is 30.0. The quantitative estimate of drug-likeness (QED) is 0.0844. The molecule has 1 saturated carbocycles. The van der Waals surface area contributed by atoms with Crippen LogP contribution in [-0.4, -0.2) is 48.9 Å². The highest BCUT2D eigenvalue weighted by molar-refractivity contribution is 5.97. The van der Waals surface area contributed by atoms with Gasteiger partial charge in [-0.3, -0.25) is 10.2 Å². The fourth-order valence-electron chi connectivity index (χ4n) is 6.19. The second-order valence-corrected chi connectivity index (χ2v) is 13.4. The van der Waals surface area contributed by atoms with E-state index in [2.05, 4.69) is 75.6 Å². The summed E-state index contributed by atoms with van der Waals surface area (Å²) in [5.74, 6) is 1.16. The van der Waals surface area contributed by atoms with E-state index in [9.17, 15) is 9.59 Å². The normalized spacial score (nSPS) is 17.6. The lowest BCUT2D eigenvalue weighted by atomic mass is 9.74. The van der Waals surface area contributed by atoms with Gasteiger partial charge < -0.3 is 29.7 Å². The van der Waals surface area contributed by atoms with E-state index in [-0.39, 0.29) is 23.5 Å². The van der Waals surface area contributed by atoms with Gasteiger partial charge in [-0.05, 0) is 106 Å². The van der Waals surface area contributed by atoms with E-state index in [4.69, 9.17) is 19.6 Å². The number of hydrogen-bond acceptors (Lipinski definition) is 7. The Morgan fingerprint density at radius 3 is 2.45 bits per heavy atom. The first kappa shape index (κ1) is 37.0. The predicted octanol–water partition coefficient (Wildman–Crippen LogP) is 8.66. The fourth-order valence-corrected chi connectivity index (χ4v) is 6.19. The molecule has 9 heteroatoms. The number of anilines is 2. The van der Waals surface area contributed by atoms with Crippen LogP contribution in [0.25, 0.3) is 0 Å². The Kier molecular flexibility index (Phi) is 12.9. The summed E-state index contributed by atoms with van der Waals surface area (Å²) in [6.07, 6.45) is 7.73. The fraction of sp³-hybridized carbons (Fsp3) is 0.425. The number of benzene rings is 3. The van der Waals surface area contributed by atoms with E-state index in [1.54, 1.807) is 25.1 Å². The van der Waals surface area contributed by atoms with Crippen LogP contribution in [0.5, 0.6) is 11.5 Å². The number of amides is 1. The number of esters is 1. The molecule has 1 fully saturated rings. The van der Waals surface area contributed by atoms with Crippen molar-refractivity contribution in [2.75, 3.05) is 24.3 Å². The largest absolute Gasteiger partial charge is 0.490 e. The molecule has 0 aliphatic heterocycles. The molecule has 0 atom stereocenters. The van der Waals surface area contributed by atoms with Gasteiger partial charge in [0.05, 0.1) is 43.0 Å². The summed E-state index contributed by atoms with van der Waals surface area (Å²) < 4.78 is 17.5. The van der Waals surface area contributed by atoms with Crippen molar-refractivity contribution in [2.45, 2.75) is 92.4 Å². The summed E-state index contributed by atoms with van der Waals surface area (Å²) >= 11 is 0. The maximum atomic E-state index is 12.3. The summed E-state index contributed by atoms with van der Waals surface area (Å²) in [6, 6.07) is 19.5. The second-order valence-electron chi connectivity index (χ2n) is 13.4. The highest BCUT2D eigenvalue weighted by Crippen LogP contribution is 2.40. The lowest BCUT2D eigenvalue weighted by molar-refractivity contribution is -0.115. The highest BCUT2D eigenvalue weighted by Gasteiger charge is 2.32. The summed E-state index contributed by atoms with van der Waals surface area (Å²) in [6.45, 7) is 13.2. The first-order chi connectivity index (χ1) is 23.4. The minimum Gasteiger partial charge on any atom is -0.490 e. The van der Waals surface area contributed by atoms with E-state index in [0.717, 1.165) is 54.0 Å². The minimum absolute atomic E-state index is 0.0562. The zero-order valence-electron chi connectivity index (χ0n) is 30.0. The van der Waals surface area contributed by atoms with Gasteiger partial charge in [-0.1, -0.05) is 49.8 Å². The van der Waals surface area contributed by atoms with E-state index < -0.39 is 5.97 Å². The minimum atomic E-state index is -0.459. The summed E-state index contributed by atoms with van der Waals surface area (Å²) in [7, 11) is 1.34. The van der Waals surface area contributed by atoms with Crippen LogP contribution < -0.4 is 20.1 Å². The SMILES string of the molecule is CCC(=O)Nc1ccc(C(=O)OC)cc1NC/C(=C/C1(C)CCC(Oc2cccc(COc3ccc(C)cc3C)c2)CC1)N(C=N)C(C)C. The lowest BCUT2D eigenvalue weighted by Gasteiger charge is -2.37. The van der Waals surface area contributed by atoms with Crippen molar-refractivity contribution in [1.29, 1.82) is 5.41 Å². The third-order valence-corrected chi connectivity index (χ3v) is 9.04. The molecule has 0 bridgehead atoms. The number of allylic oxidation sites excluding steroid dienone is 1. The number of nitrogens with zero attached hydrogens (tertiary/aromatic N) is 1. The second kappa shape index (κ2) is 17.0. The van der Waals surface area contributed by atoms with Gasteiger partial charge in [-0.15, -0.1) is 0 Å². The van der Waals surface area contributed by atoms with E-state index >= 15 is 0 Å². The number of carbonyl (C=O) groups is 2. The third kappa shape index (κ3) is 10.3. The van der Waals surface area contributed by atoms with Crippen LogP contribution in [0.15, 0.2) is 72.4 Å². The molecule has 1 aliphatic rings. The van der Waals surface area contributed by atoms with Gasteiger partial charge in [0.2, 0.25) is 5.91 Å². The van der Waals surface area contributed by atoms with Gasteiger partial charge in [-0.2, -0.15) is 0 Å². The topological polar surface area (TPSA) is 113 Å². The van der Waals surface area contributed by atoms with E-state index in [1.165, 1.54) is 19.0 Å². The number of methoxy groups -OCH3 is 1. The standard InChI is InChI=1S/C40H52N4O5/c1-8-38(45)43-35-14-13-31(39(46)47-7)22-36(35)42-24-32(44(26-41)27(2)3)23-40(6)18-16-33(17-19-40)49-34-11-9-10-30(21-34)25-48-37-15-12-28(4)20-29(37)5/h9-15,20-23,26-27,33,41-42H,8,16-19,24-25H2,1-7H3,(H,43,45)/b32-23-,41-26?. The predicted molar refractivity (Wildman–Crippen MR) is 197 cm³/mol. The Morgan fingerprint density at radius 2 is 1.80 bits per heavy atom. The molecule has 1 amide bonds. The molecule has 3 N–H and O–H groups in total. The summed E-state index contributed by atoms with van der Waals surface area (Å²) in [4.78, 5) is 26.5. The molecule has 4 rings (SSSR count). The Morgan fingerprint density at radius 1 is 1.04 bits per heavy atom. The maximum absolute atomic E-state index is 12.3. The molecule has 0 aromatic heterocycles. The van der Waals surface area contributed by atoms with Gasteiger partial charge in [0, 0.05) is 18.2 Å². The molecule has 0 heterocycles. The molecule has 3 aromatic rings. The first-order valence-electron chi connectivity index (χ1n) is 17.2. The number of rotatable bonds is 15. The number of ether oxygens (including phenoxy) is 3. The monoisotopic (exact) mass is 668 g/mol. The van der Waals surface area contributed by atoms with E-state index in [0.29, 0.717) is 36.5 Å². The summed E-state index contributed by atoms with van der Waals surface area (Å²) in [5.41, 5.74) is 5.80. The Balaban J connectivity index is 1.45. The van der Waals surface area contributed by atoms with Crippen molar-refractivity contribution in [2.24, 2.45) is 5.41 Å². The van der Waals surface area contributed by atoms with Gasteiger partial charge in [0.15, 0.2) is 0 Å². The van der Waals surface area contributed by atoms with E-state index in [1.807, 2.05) is 23.1 Å². The molecular weight excluding hydrogens is 616 g/mol. The van der Waals surface area contributed by atoms with Gasteiger partial charge >= 0.3 is 5.97 Å². The molecule has 3 aromatic carbocycles. The molecule has 0 saturated heterocycles. The molecule has 0 unspecified atom stereocenters. The molecule has 49 heavy (non-hydrogen) atoms. The van der Waals surface area contributed by atoms with Crippen molar-refractivity contribution >= 4 is 29.6 Å². The summed E-state index contributed by atoms with van der Waals surface area (Å²) in [5, 5.41) is 14.6. The zero-order chi connectivity index (χ0) is 35.6. The average molecular weight is 669 g/mol. The Labute approximate surface area is 291 Å². The molecular formula is C40H52N4O5. The van der Waals surface area contributed by atoms with Crippen molar-refractivity contribution in [3.8, 4) is 11.5 Å². The maximum Gasteiger partial charge on any atom is 0.337 e. The van der Waals surface area contributed by atoms with Crippen molar-refractivity contribution in [3.63, 3.8) is 0 Å². The van der Waals surface area contributed by atoms with Crippen LogP contribution in [0.3, 0.4) is 0 Å². The van der Waals surface area contributed by atoms with Crippen LogP contribution in [0.2, 0.25) is 0 Å². The van der Waals surface area contributed by atoms with Crippen molar-refractivity contribution in [1.82, 2.24) is 4.90 Å². The number of carbonyl (C=O) groups excluding carboxylic acids is 2. The lowest BCUT2D eigenvalue weighted by Crippen LogP contribution is -2.35. The van der Waals surface area contributed by atoms with Crippen LogP contribution in [0.4, 0.5) is 11.4 Å². The Hall–Kier alpha value is -4.79. The van der Waals surface area contributed by atoms with Gasteiger partial charge in [0.25, 0.3) is 0 Å². The molecule has 262 valence electrons. The van der Waals surface area contributed by atoms with Crippen LogP contribution in [-0.2, 0) is 16.1 Å². The van der Waals surface area contributed by atoms with Crippen LogP contribution >= 0.6 is 0 Å². The molecule has 0 spiro atoms. The number of hydrogen-bond donors (Lipinski definition) is 3. The first-order valence-corrected chi connectivity index (χ1v) is 17.2. The van der Waals surface area contributed by atoms with Gasteiger partial charge in [-0.25, -0.2) is 4.79 Å². The molecule has 9 nitrogen and oxygen atoms in total. The Bertz CT molecular complexity index is 1640. The highest BCUT2D eigenvalue weighted by atomic mass is 16.5. The van der Waals surface area contributed by atoms with Crippen LogP contribution in [0.1, 0.15) is 86.8 Å². The molecule has 1 aliphatic carbocycles. The van der Waals surface area contributed by atoms with Gasteiger partial charge in [0.1, 0.15) is 18.1 Å². The third-order valence-electron chi connectivity index (χ3n) is 9.04. The number of nitrogens with one attached hydrogen (secondary N) is 3.